The minimum atomic E-state index is -0.241. The van der Waals surface area contributed by atoms with Crippen LogP contribution in [0.1, 0.15) is 11.3 Å². The summed E-state index contributed by atoms with van der Waals surface area (Å²) in [7, 11) is 3.13. The first-order chi connectivity index (χ1) is 9.69. The lowest BCUT2D eigenvalue weighted by Crippen LogP contribution is -2.18. The SMILES string of the molecule is COc1cccc(Cc2nnc(SC)[nH]c2=O)c1OC. The second-order valence-electron chi connectivity index (χ2n) is 3.94. The third-order valence-electron chi connectivity index (χ3n) is 2.78. The Morgan fingerprint density at radius 1 is 1.25 bits per heavy atom. The molecule has 20 heavy (non-hydrogen) atoms. The molecule has 106 valence electrons. The van der Waals surface area contributed by atoms with Crippen molar-refractivity contribution in [3.05, 3.63) is 39.8 Å². The molecular weight excluding hydrogens is 278 g/mol. The minimum Gasteiger partial charge on any atom is -0.493 e. The van der Waals surface area contributed by atoms with Gasteiger partial charge in [0.25, 0.3) is 5.56 Å². The highest BCUT2D eigenvalue weighted by Crippen LogP contribution is 2.31. The maximum absolute atomic E-state index is 11.9. The fourth-order valence-electron chi connectivity index (χ4n) is 1.83. The molecule has 0 amide bonds. The molecule has 0 aliphatic rings. The maximum atomic E-state index is 11.9. The quantitative estimate of drug-likeness (QED) is 0.842. The van der Waals surface area contributed by atoms with E-state index in [9.17, 15) is 4.79 Å². The van der Waals surface area contributed by atoms with Gasteiger partial charge >= 0.3 is 0 Å². The van der Waals surface area contributed by atoms with Crippen LogP contribution in [-0.2, 0) is 6.42 Å². The van der Waals surface area contributed by atoms with Crippen molar-refractivity contribution in [1.82, 2.24) is 15.2 Å². The largest absolute Gasteiger partial charge is 0.493 e. The van der Waals surface area contributed by atoms with Gasteiger partial charge in [-0.1, -0.05) is 23.9 Å². The monoisotopic (exact) mass is 293 g/mol. The molecule has 2 aromatic rings. The molecule has 1 heterocycles. The summed E-state index contributed by atoms with van der Waals surface area (Å²) in [5.41, 5.74) is 0.923. The Balaban J connectivity index is 2.37. The van der Waals surface area contributed by atoms with Crippen molar-refractivity contribution in [3.8, 4) is 11.5 Å². The second-order valence-corrected chi connectivity index (χ2v) is 4.73. The number of thioether (sulfide) groups is 1. The number of hydrogen-bond acceptors (Lipinski definition) is 6. The first kappa shape index (κ1) is 14.4. The van der Waals surface area contributed by atoms with Crippen LogP contribution in [0.15, 0.2) is 28.2 Å². The Bertz CT molecular complexity index is 658. The first-order valence-corrected chi connectivity index (χ1v) is 7.11. The topological polar surface area (TPSA) is 77.1 Å². The lowest BCUT2D eigenvalue weighted by Gasteiger charge is -2.11. The fraction of sp³-hybridized carbons (Fsp3) is 0.308. The Labute approximate surface area is 120 Å². The number of nitrogens with one attached hydrogen (secondary N) is 1. The average Bonchev–Trinajstić information content (AvgIpc) is 2.48. The smallest absolute Gasteiger partial charge is 0.273 e. The molecule has 7 heteroatoms. The van der Waals surface area contributed by atoms with E-state index in [1.165, 1.54) is 11.8 Å². The van der Waals surface area contributed by atoms with Crippen LogP contribution in [0.5, 0.6) is 11.5 Å². The van der Waals surface area contributed by atoms with Gasteiger partial charge in [-0.05, 0) is 12.3 Å². The Hall–Kier alpha value is -2.02. The van der Waals surface area contributed by atoms with Crippen LogP contribution in [0.2, 0.25) is 0 Å². The van der Waals surface area contributed by atoms with Crippen LogP contribution >= 0.6 is 11.8 Å². The molecule has 1 aromatic carbocycles. The highest BCUT2D eigenvalue weighted by atomic mass is 32.2. The predicted molar refractivity (Wildman–Crippen MR) is 76.8 cm³/mol. The number of methoxy groups -OCH3 is 2. The van der Waals surface area contributed by atoms with Crippen LogP contribution in [0.4, 0.5) is 0 Å². The van der Waals surface area contributed by atoms with Gasteiger partial charge in [-0.2, -0.15) is 0 Å². The maximum Gasteiger partial charge on any atom is 0.273 e. The molecule has 0 aliphatic carbocycles. The summed E-state index contributed by atoms with van der Waals surface area (Å²) in [4.78, 5) is 14.6. The zero-order valence-electron chi connectivity index (χ0n) is 11.5. The Kier molecular flexibility index (Phi) is 4.62. The van der Waals surface area contributed by atoms with E-state index in [1.807, 2.05) is 18.4 Å². The number of rotatable bonds is 5. The zero-order valence-corrected chi connectivity index (χ0v) is 12.3. The summed E-state index contributed by atoms with van der Waals surface area (Å²) in [5, 5.41) is 8.40. The molecule has 0 aliphatic heterocycles. The molecule has 0 atom stereocenters. The third kappa shape index (κ3) is 2.93. The standard InChI is InChI=1S/C13H15N3O3S/c1-18-10-6-4-5-8(11(10)19-2)7-9-12(17)14-13(20-3)16-15-9/h4-6H,7H2,1-3H3,(H,14,16,17). The van der Waals surface area contributed by atoms with E-state index in [1.54, 1.807) is 20.3 Å². The van der Waals surface area contributed by atoms with Crippen LogP contribution in [0, 0.1) is 0 Å². The molecular formula is C13H15N3O3S. The number of aromatic amines is 1. The van der Waals surface area contributed by atoms with Gasteiger partial charge in [-0.15, -0.1) is 10.2 Å². The van der Waals surface area contributed by atoms with Gasteiger partial charge in [0.05, 0.1) is 14.2 Å². The number of para-hydroxylation sites is 1. The molecule has 0 saturated carbocycles. The van der Waals surface area contributed by atoms with Gasteiger partial charge in [0.15, 0.2) is 16.7 Å². The number of hydrogen-bond donors (Lipinski definition) is 1. The molecule has 1 N–H and O–H groups in total. The molecule has 0 bridgehead atoms. The van der Waals surface area contributed by atoms with Crippen LogP contribution in [-0.4, -0.2) is 35.7 Å². The van der Waals surface area contributed by atoms with E-state index >= 15 is 0 Å². The summed E-state index contributed by atoms with van der Waals surface area (Å²) >= 11 is 1.34. The summed E-state index contributed by atoms with van der Waals surface area (Å²) in [6.07, 6.45) is 2.15. The highest BCUT2D eigenvalue weighted by Gasteiger charge is 2.13. The highest BCUT2D eigenvalue weighted by molar-refractivity contribution is 7.98. The molecule has 0 radical (unpaired) electrons. The third-order valence-corrected chi connectivity index (χ3v) is 3.35. The van der Waals surface area contributed by atoms with Gasteiger partial charge in [-0.3, -0.25) is 9.78 Å². The lowest BCUT2D eigenvalue weighted by molar-refractivity contribution is 0.352. The van der Waals surface area contributed by atoms with Crippen LogP contribution in [0.3, 0.4) is 0 Å². The van der Waals surface area contributed by atoms with Crippen molar-refractivity contribution < 1.29 is 9.47 Å². The minimum absolute atomic E-state index is 0.241. The van der Waals surface area contributed by atoms with Crippen molar-refractivity contribution in [3.63, 3.8) is 0 Å². The summed E-state index contributed by atoms with van der Waals surface area (Å²) < 4.78 is 10.6. The summed E-state index contributed by atoms with van der Waals surface area (Å²) in [5.74, 6) is 1.22. The summed E-state index contributed by atoms with van der Waals surface area (Å²) in [6, 6.07) is 5.51. The van der Waals surface area contributed by atoms with Gasteiger partial charge in [0, 0.05) is 12.0 Å². The van der Waals surface area contributed by atoms with Crippen LogP contribution in [0.25, 0.3) is 0 Å². The van der Waals surface area contributed by atoms with E-state index in [4.69, 9.17) is 9.47 Å². The van der Waals surface area contributed by atoms with Gasteiger partial charge in [0.2, 0.25) is 0 Å². The average molecular weight is 293 g/mol. The van der Waals surface area contributed by atoms with Gasteiger partial charge in [-0.25, -0.2) is 0 Å². The van der Waals surface area contributed by atoms with E-state index < -0.39 is 0 Å². The summed E-state index contributed by atoms with van der Waals surface area (Å²) in [6.45, 7) is 0. The Morgan fingerprint density at radius 2 is 2.05 bits per heavy atom. The molecule has 0 saturated heterocycles. The van der Waals surface area contributed by atoms with E-state index in [2.05, 4.69) is 15.2 Å². The number of aromatic nitrogens is 3. The molecule has 1 aromatic heterocycles. The van der Waals surface area contributed by atoms with Crippen molar-refractivity contribution in [1.29, 1.82) is 0 Å². The predicted octanol–water partition coefficient (Wildman–Crippen LogP) is 1.49. The van der Waals surface area contributed by atoms with Gasteiger partial charge < -0.3 is 9.47 Å². The van der Waals surface area contributed by atoms with Gasteiger partial charge in [0.1, 0.15) is 5.69 Å². The van der Waals surface area contributed by atoms with E-state index in [0.29, 0.717) is 28.8 Å². The number of nitrogens with zero attached hydrogens (tertiary/aromatic N) is 2. The number of ether oxygens (including phenoxy) is 2. The lowest BCUT2D eigenvalue weighted by atomic mass is 10.1. The number of H-pyrrole nitrogens is 1. The molecule has 0 unspecified atom stereocenters. The molecule has 0 fully saturated rings. The van der Waals surface area contributed by atoms with Crippen LogP contribution < -0.4 is 15.0 Å². The number of benzene rings is 1. The second kappa shape index (κ2) is 6.42. The first-order valence-electron chi connectivity index (χ1n) is 5.89. The molecule has 2 rings (SSSR count). The molecule has 6 nitrogen and oxygen atoms in total. The van der Waals surface area contributed by atoms with Crippen molar-refractivity contribution in [2.45, 2.75) is 11.6 Å². The van der Waals surface area contributed by atoms with Crippen molar-refractivity contribution in [2.24, 2.45) is 0 Å². The fourth-order valence-corrected chi connectivity index (χ4v) is 2.14. The van der Waals surface area contributed by atoms with E-state index in [0.717, 1.165) is 5.56 Å². The van der Waals surface area contributed by atoms with Crippen molar-refractivity contribution in [2.75, 3.05) is 20.5 Å². The Morgan fingerprint density at radius 3 is 2.65 bits per heavy atom. The van der Waals surface area contributed by atoms with E-state index in [-0.39, 0.29) is 5.56 Å². The molecule has 0 spiro atoms. The normalized spacial score (nSPS) is 10.3. The zero-order chi connectivity index (χ0) is 14.5. The van der Waals surface area contributed by atoms with Crippen molar-refractivity contribution >= 4 is 11.8 Å².